The molecule has 1 N–H and O–H groups in total. The van der Waals surface area contributed by atoms with Crippen molar-refractivity contribution in [3.05, 3.63) is 94.0 Å². The molecule has 154 valence electrons. The predicted octanol–water partition coefficient (Wildman–Crippen LogP) is 3.76. The van der Waals surface area contributed by atoms with Crippen molar-refractivity contribution in [3.63, 3.8) is 0 Å². The summed E-state index contributed by atoms with van der Waals surface area (Å²) >= 11 is 3.50. The van der Waals surface area contributed by atoms with Crippen molar-refractivity contribution in [1.29, 1.82) is 0 Å². The third-order valence-corrected chi connectivity index (χ3v) is 5.49. The van der Waals surface area contributed by atoms with Crippen LogP contribution in [0.1, 0.15) is 28.3 Å². The van der Waals surface area contributed by atoms with Gasteiger partial charge in [-0.15, -0.1) is 10.2 Å². The molecule has 0 radical (unpaired) electrons. The average molecular weight is 466 g/mol. The van der Waals surface area contributed by atoms with E-state index in [-0.39, 0.29) is 0 Å². The van der Waals surface area contributed by atoms with Crippen molar-refractivity contribution in [2.45, 2.75) is 33.0 Å². The minimum atomic E-state index is 0.674. The number of rotatable bonds is 9. The molecule has 0 aliphatic heterocycles. The maximum Gasteiger partial charge on any atom is 0.147 e. The molecular weight excluding hydrogens is 442 g/mol. The zero-order chi connectivity index (χ0) is 20.8. The van der Waals surface area contributed by atoms with E-state index in [0.717, 1.165) is 35.6 Å². The zero-order valence-electron chi connectivity index (χ0n) is 16.9. The van der Waals surface area contributed by atoms with Gasteiger partial charge in [0, 0.05) is 11.0 Å². The number of aromatic amines is 1. The lowest BCUT2D eigenvalue weighted by Crippen LogP contribution is -2.27. The second-order valence-electron chi connectivity index (χ2n) is 7.38. The highest BCUT2D eigenvalue weighted by molar-refractivity contribution is 9.10. The van der Waals surface area contributed by atoms with E-state index in [1.54, 1.807) is 12.7 Å². The zero-order valence-corrected chi connectivity index (χ0v) is 18.5. The van der Waals surface area contributed by atoms with Crippen LogP contribution in [0.4, 0.5) is 0 Å². The Morgan fingerprint density at radius 2 is 1.93 bits per heavy atom. The molecule has 7 nitrogen and oxygen atoms in total. The number of aryl methyl sites for hydroxylation is 1. The standard InChI is InChI=1S/C22H24BrN7/c1-17-3-2-4-19(11-17)12-30-16-26-28-22(30)14-29(13-21-24-15-25-27-21)10-9-18-5-7-20(23)8-6-18/h2-8,11,15-16H,9-10,12-14H2,1H3,(H,24,25,27). The Morgan fingerprint density at radius 3 is 2.70 bits per heavy atom. The monoisotopic (exact) mass is 465 g/mol. The first kappa shape index (κ1) is 20.4. The molecule has 0 atom stereocenters. The Bertz CT molecular complexity index is 1060. The number of H-pyrrole nitrogens is 1. The molecule has 0 saturated heterocycles. The molecule has 4 aromatic rings. The summed E-state index contributed by atoms with van der Waals surface area (Å²) in [7, 11) is 0. The van der Waals surface area contributed by atoms with Crippen LogP contribution in [0.5, 0.6) is 0 Å². The Kier molecular flexibility index (Phi) is 6.66. The third kappa shape index (κ3) is 5.61. The van der Waals surface area contributed by atoms with Crippen LogP contribution in [0.15, 0.2) is 65.7 Å². The number of nitrogens with one attached hydrogen (secondary N) is 1. The molecule has 4 rings (SSSR count). The maximum atomic E-state index is 4.39. The second kappa shape index (κ2) is 9.77. The summed E-state index contributed by atoms with van der Waals surface area (Å²) in [6.07, 6.45) is 4.29. The van der Waals surface area contributed by atoms with Crippen molar-refractivity contribution in [2.24, 2.45) is 0 Å². The number of aromatic nitrogens is 6. The van der Waals surface area contributed by atoms with Gasteiger partial charge in [-0.2, -0.15) is 5.10 Å². The first-order valence-electron chi connectivity index (χ1n) is 9.89. The van der Waals surface area contributed by atoms with Gasteiger partial charge in [0.05, 0.1) is 19.6 Å². The first-order chi connectivity index (χ1) is 14.7. The molecule has 0 aliphatic carbocycles. The smallest absolute Gasteiger partial charge is 0.147 e. The summed E-state index contributed by atoms with van der Waals surface area (Å²) in [6.45, 7) is 5.10. The largest absolute Gasteiger partial charge is 0.312 e. The molecule has 0 amide bonds. The molecule has 2 aromatic heterocycles. The van der Waals surface area contributed by atoms with Crippen LogP contribution >= 0.6 is 15.9 Å². The molecule has 2 aromatic carbocycles. The minimum absolute atomic E-state index is 0.674. The number of hydrogen-bond acceptors (Lipinski definition) is 5. The Hall–Kier alpha value is -2.84. The van der Waals surface area contributed by atoms with Gasteiger partial charge in [-0.05, 0) is 36.6 Å². The molecule has 0 unspecified atom stereocenters. The van der Waals surface area contributed by atoms with Gasteiger partial charge in [0.15, 0.2) is 0 Å². The van der Waals surface area contributed by atoms with Gasteiger partial charge in [0.1, 0.15) is 24.3 Å². The van der Waals surface area contributed by atoms with Crippen LogP contribution in [0.25, 0.3) is 0 Å². The minimum Gasteiger partial charge on any atom is -0.312 e. The lowest BCUT2D eigenvalue weighted by Gasteiger charge is -2.21. The lowest BCUT2D eigenvalue weighted by atomic mass is 10.1. The normalized spacial score (nSPS) is 11.3. The van der Waals surface area contributed by atoms with Crippen LogP contribution in [-0.4, -0.2) is 41.4 Å². The van der Waals surface area contributed by atoms with Crippen molar-refractivity contribution < 1.29 is 0 Å². The summed E-state index contributed by atoms with van der Waals surface area (Å²) in [5.41, 5.74) is 3.79. The summed E-state index contributed by atoms with van der Waals surface area (Å²) in [5, 5.41) is 15.5. The molecule has 2 heterocycles. The SMILES string of the molecule is Cc1cccc(Cn2cnnc2CN(CCc2ccc(Br)cc2)Cc2ncn[nH]2)c1. The lowest BCUT2D eigenvalue weighted by molar-refractivity contribution is 0.244. The summed E-state index contributed by atoms with van der Waals surface area (Å²) in [6, 6.07) is 17.0. The van der Waals surface area contributed by atoms with Crippen LogP contribution in [0.2, 0.25) is 0 Å². The Morgan fingerprint density at radius 1 is 1.07 bits per heavy atom. The highest BCUT2D eigenvalue weighted by Crippen LogP contribution is 2.14. The van der Waals surface area contributed by atoms with Crippen LogP contribution < -0.4 is 0 Å². The topological polar surface area (TPSA) is 75.5 Å². The number of nitrogens with zero attached hydrogens (tertiary/aromatic N) is 6. The molecule has 0 saturated carbocycles. The van der Waals surface area contributed by atoms with Gasteiger partial charge in [0.2, 0.25) is 0 Å². The fraction of sp³-hybridized carbons (Fsp3) is 0.273. The van der Waals surface area contributed by atoms with Crippen LogP contribution in [-0.2, 0) is 26.1 Å². The molecular formula is C22H24BrN7. The van der Waals surface area contributed by atoms with Gasteiger partial charge in [-0.1, -0.05) is 57.9 Å². The average Bonchev–Trinajstić information content (AvgIpc) is 3.40. The van der Waals surface area contributed by atoms with Gasteiger partial charge in [-0.3, -0.25) is 10.00 Å². The summed E-state index contributed by atoms with van der Waals surface area (Å²) in [5.74, 6) is 1.78. The quantitative estimate of drug-likeness (QED) is 0.407. The number of benzene rings is 2. The predicted molar refractivity (Wildman–Crippen MR) is 119 cm³/mol. The van der Waals surface area contributed by atoms with E-state index < -0.39 is 0 Å². The van der Waals surface area contributed by atoms with Crippen molar-refractivity contribution in [1.82, 2.24) is 34.8 Å². The summed E-state index contributed by atoms with van der Waals surface area (Å²) in [4.78, 5) is 6.61. The second-order valence-corrected chi connectivity index (χ2v) is 8.30. The van der Waals surface area contributed by atoms with E-state index in [1.807, 2.05) is 0 Å². The van der Waals surface area contributed by atoms with Gasteiger partial charge in [-0.25, -0.2) is 4.98 Å². The number of hydrogen-bond donors (Lipinski definition) is 1. The third-order valence-electron chi connectivity index (χ3n) is 4.96. The van der Waals surface area contributed by atoms with Gasteiger partial charge >= 0.3 is 0 Å². The summed E-state index contributed by atoms with van der Waals surface area (Å²) < 4.78 is 3.20. The molecule has 0 aliphatic rings. The van der Waals surface area contributed by atoms with Crippen LogP contribution in [0.3, 0.4) is 0 Å². The number of halogens is 1. The highest BCUT2D eigenvalue weighted by Gasteiger charge is 2.14. The first-order valence-corrected chi connectivity index (χ1v) is 10.7. The van der Waals surface area contributed by atoms with E-state index in [0.29, 0.717) is 13.1 Å². The van der Waals surface area contributed by atoms with Crippen molar-refractivity contribution >= 4 is 15.9 Å². The fourth-order valence-corrected chi connectivity index (χ4v) is 3.68. The highest BCUT2D eigenvalue weighted by atomic mass is 79.9. The van der Waals surface area contributed by atoms with Gasteiger partial charge in [0.25, 0.3) is 0 Å². The van der Waals surface area contributed by atoms with Crippen molar-refractivity contribution in [2.75, 3.05) is 6.54 Å². The van der Waals surface area contributed by atoms with Gasteiger partial charge < -0.3 is 4.57 Å². The maximum absolute atomic E-state index is 4.39. The molecule has 30 heavy (non-hydrogen) atoms. The molecule has 0 bridgehead atoms. The molecule has 8 heteroatoms. The van der Waals surface area contributed by atoms with E-state index in [2.05, 4.69) is 106 Å². The Balaban J connectivity index is 1.47. The molecule has 0 spiro atoms. The Labute approximate surface area is 184 Å². The fourth-order valence-electron chi connectivity index (χ4n) is 3.41. The molecule has 0 fully saturated rings. The van der Waals surface area contributed by atoms with E-state index >= 15 is 0 Å². The van der Waals surface area contributed by atoms with Crippen LogP contribution in [0, 0.1) is 6.92 Å². The van der Waals surface area contributed by atoms with Crippen molar-refractivity contribution in [3.8, 4) is 0 Å². The van der Waals surface area contributed by atoms with E-state index in [1.165, 1.54) is 16.7 Å². The van der Waals surface area contributed by atoms with E-state index in [4.69, 9.17) is 0 Å². The van der Waals surface area contributed by atoms with E-state index in [9.17, 15) is 0 Å².